The van der Waals surface area contributed by atoms with E-state index in [0.29, 0.717) is 44.6 Å². The van der Waals surface area contributed by atoms with Crippen LogP contribution in [0.2, 0.25) is 0 Å². The summed E-state index contributed by atoms with van der Waals surface area (Å²) in [6, 6.07) is 14.5. The standard InChI is InChI=1S/C28H34N2O7/c1-20(31)29-16-7-10-24(29)27(34)30(25(28(35)36)18-21-8-3-2-4-9-21)19-22-12-14-23(15-13-22)37-17-6-5-11-26(32)33/h2-4,8-9,12-15,24-25H,5-7,10-11,16-19H2,1H3,(H,32,33)(H,35,36)/t24-,25-/m0/s1. The topological polar surface area (TPSA) is 124 Å². The molecule has 2 aromatic carbocycles. The number of amides is 2. The third-order valence-corrected chi connectivity index (χ3v) is 6.49. The van der Waals surface area contributed by atoms with Crippen LogP contribution < -0.4 is 4.74 Å². The van der Waals surface area contributed by atoms with E-state index >= 15 is 0 Å². The highest BCUT2D eigenvalue weighted by Crippen LogP contribution is 2.24. The summed E-state index contributed by atoms with van der Waals surface area (Å²) in [4.78, 5) is 51.8. The van der Waals surface area contributed by atoms with Crippen molar-refractivity contribution in [2.75, 3.05) is 13.2 Å². The molecule has 2 N–H and O–H groups in total. The van der Waals surface area contributed by atoms with Crippen molar-refractivity contribution in [3.8, 4) is 5.75 Å². The normalized spacial score (nSPS) is 15.7. The van der Waals surface area contributed by atoms with Crippen molar-refractivity contribution in [3.63, 3.8) is 0 Å². The fraction of sp³-hybridized carbons (Fsp3) is 0.429. The summed E-state index contributed by atoms with van der Waals surface area (Å²) in [6.45, 7) is 2.37. The van der Waals surface area contributed by atoms with Crippen molar-refractivity contribution in [1.29, 1.82) is 0 Å². The molecule has 0 spiro atoms. The molecule has 1 aliphatic rings. The monoisotopic (exact) mass is 510 g/mol. The van der Waals surface area contributed by atoms with Crippen LogP contribution in [0.1, 0.15) is 50.2 Å². The predicted molar refractivity (Wildman–Crippen MR) is 136 cm³/mol. The van der Waals surface area contributed by atoms with E-state index in [9.17, 15) is 24.3 Å². The maximum absolute atomic E-state index is 13.7. The maximum atomic E-state index is 13.7. The summed E-state index contributed by atoms with van der Waals surface area (Å²) in [6.07, 6.45) is 2.58. The summed E-state index contributed by atoms with van der Waals surface area (Å²) in [5.74, 6) is -1.90. The van der Waals surface area contributed by atoms with Crippen LogP contribution in [0.15, 0.2) is 54.6 Å². The van der Waals surface area contributed by atoms with Gasteiger partial charge in [0.05, 0.1) is 6.61 Å². The molecule has 198 valence electrons. The number of rotatable bonds is 13. The number of hydrogen-bond acceptors (Lipinski definition) is 5. The highest BCUT2D eigenvalue weighted by molar-refractivity contribution is 5.90. The van der Waals surface area contributed by atoms with Gasteiger partial charge in [-0.3, -0.25) is 14.4 Å². The molecule has 1 saturated heterocycles. The Morgan fingerprint density at radius 2 is 1.70 bits per heavy atom. The molecule has 9 heteroatoms. The largest absolute Gasteiger partial charge is 0.494 e. The lowest BCUT2D eigenvalue weighted by Crippen LogP contribution is -2.53. The van der Waals surface area contributed by atoms with E-state index in [2.05, 4.69) is 0 Å². The van der Waals surface area contributed by atoms with Gasteiger partial charge in [0.15, 0.2) is 0 Å². The zero-order valence-corrected chi connectivity index (χ0v) is 21.0. The highest BCUT2D eigenvalue weighted by Gasteiger charge is 2.39. The molecule has 2 amide bonds. The quantitative estimate of drug-likeness (QED) is 0.396. The first-order chi connectivity index (χ1) is 17.8. The number of carbonyl (C=O) groups is 4. The van der Waals surface area contributed by atoms with Crippen molar-refractivity contribution in [2.45, 2.75) is 64.1 Å². The molecular formula is C28H34N2O7. The number of unbranched alkanes of at least 4 members (excludes halogenated alkanes) is 1. The second-order valence-corrected chi connectivity index (χ2v) is 9.22. The highest BCUT2D eigenvalue weighted by atomic mass is 16.5. The van der Waals surface area contributed by atoms with Crippen LogP contribution in [0.25, 0.3) is 0 Å². The van der Waals surface area contributed by atoms with Crippen molar-refractivity contribution >= 4 is 23.8 Å². The molecule has 37 heavy (non-hydrogen) atoms. The van der Waals surface area contributed by atoms with Gasteiger partial charge in [0, 0.05) is 32.9 Å². The first-order valence-electron chi connectivity index (χ1n) is 12.5. The molecule has 0 saturated carbocycles. The third kappa shape index (κ3) is 8.06. The van der Waals surface area contributed by atoms with Crippen LogP contribution in [-0.2, 0) is 32.1 Å². The van der Waals surface area contributed by atoms with E-state index in [0.717, 1.165) is 11.1 Å². The molecule has 0 radical (unpaired) electrons. The smallest absolute Gasteiger partial charge is 0.326 e. The molecule has 0 bridgehead atoms. The maximum Gasteiger partial charge on any atom is 0.326 e. The molecule has 1 heterocycles. The fourth-order valence-electron chi connectivity index (χ4n) is 4.56. The lowest BCUT2D eigenvalue weighted by Gasteiger charge is -2.34. The number of hydrogen-bond donors (Lipinski definition) is 2. The Hall–Kier alpha value is -3.88. The lowest BCUT2D eigenvalue weighted by atomic mass is 10.0. The van der Waals surface area contributed by atoms with Crippen LogP contribution in [0.5, 0.6) is 5.75 Å². The zero-order chi connectivity index (χ0) is 26.8. The van der Waals surface area contributed by atoms with Crippen molar-refractivity contribution in [1.82, 2.24) is 9.80 Å². The summed E-state index contributed by atoms with van der Waals surface area (Å²) in [5.41, 5.74) is 1.53. The Bertz CT molecular complexity index is 1070. The summed E-state index contributed by atoms with van der Waals surface area (Å²) >= 11 is 0. The summed E-state index contributed by atoms with van der Waals surface area (Å²) in [5, 5.41) is 18.9. The van der Waals surface area contributed by atoms with E-state index in [1.807, 2.05) is 30.3 Å². The van der Waals surface area contributed by atoms with Crippen LogP contribution in [0, 0.1) is 0 Å². The number of aliphatic carboxylic acids is 2. The van der Waals surface area contributed by atoms with E-state index in [-0.39, 0.29) is 31.2 Å². The number of carbonyl (C=O) groups excluding carboxylic acids is 2. The van der Waals surface area contributed by atoms with Crippen molar-refractivity contribution in [3.05, 3.63) is 65.7 Å². The number of likely N-dealkylation sites (tertiary alicyclic amines) is 1. The fourth-order valence-corrected chi connectivity index (χ4v) is 4.56. The first-order valence-corrected chi connectivity index (χ1v) is 12.5. The molecule has 3 rings (SSSR count). The van der Waals surface area contributed by atoms with Crippen LogP contribution in [0.3, 0.4) is 0 Å². The van der Waals surface area contributed by atoms with E-state index in [4.69, 9.17) is 9.84 Å². The third-order valence-electron chi connectivity index (χ3n) is 6.49. The van der Waals surface area contributed by atoms with Gasteiger partial charge in [0.25, 0.3) is 0 Å². The Kier molecular flexibility index (Phi) is 10.1. The van der Waals surface area contributed by atoms with Gasteiger partial charge in [-0.25, -0.2) is 4.79 Å². The molecular weight excluding hydrogens is 476 g/mol. The minimum absolute atomic E-state index is 0.0732. The first kappa shape index (κ1) is 27.7. The number of ether oxygens (including phenoxy) is 1. The number of benzene rings is 2. The van der Waals surface area contributed by atoms with Gasteiger partial charge in [-0.1, -0.05) is 42.5 Å². The van der Waals surface area contributed by atoms with E-state index in [1.54, 1.807) is 24.3 Å². The molecule has 2 aromatic rings. The number of carboxylic acids is 2. The lowest BCUT2D eigenvalue weighted by molar-refractivity contribution is -0.154. The minimum Gasteiger partial charge on any atom is -0.494 e. The summed E-state index contributed by atoms with van der Waals surface area (Å²) < 4.78 is 5.67. The van der Waals surface area contributed by atoms with Crippen molar-refractivity contribution in [2.24, 2.45) is 0 Å². The molecule has 9 nitrogen and oxygen atoms in total. The van der Waals surface area contributed by atoms with Gasteiger partial charge in [-0.15, -0.1) is 0 Å². The second kappa shape index (κ2) is 13.4. The Morgan fingerprint density at radius 3 is 2.32 bits per heavy atom. The average Bonchev–Trinajstić information content (AvgIpc) is 3.37. The van der Waals surface area contributed by atoms with Crippen LogP contribution in [-0.4, -0.2) is 69.0 Å². The SMILES string of the molecule is CC(=O)N1CCC[C@H]1C(=O)N(Cc1ccc(OCCCCC(=O)O)cc1)[C@@H](Cc1ccccc1)C(=O)O. The molecule has 1 aliphatic heterocycles. The summed E-state index contributed by atoms with van der Waals surface area (Å²) in [7, 11) is 0. The molecule has 0 aromatic heterocycles. The van der Waals surface area contributed by atoms with Gasteiger partial charge < -0.3 is 24.7 Å². The molecule has 1 fully saturated rings. The van der Waals surface area contributed by atoms with Gasteiger partial charge in [0.1, 0.15) is 17.8 Å². The Morgan fingerprint density at radius 1 is 1.00 bits per heavy atom. The van der Waals surface area contributed by atoms with E-state index in [1.165, 1.54) is 16.7 Å². The zero-order valence-electron chi connectivity index (χ0n) is 21.0. The van der Waals surface area contributed by atoms with Gasteiger partial charge >= 0.3 is 11.9 Å². The number of carboxylic acid groups (broad SMARTS) is 2. The second-order valence-electron chi connectivity index (χ2n) is 9.22. The average molecular weight is 511 g/mol. The van der Waals surface area contributed by atoms with E-state index < -0.39 is 24.0 Å². The molecule has 0 aliphatic carbocycles. The van der Waals surface area contributed by atoms with Crippen LogP contribution >= 0.6 is 0 Å². The van der Waals surface area contributed by atoms with Gasteiger partial charge in [-0.2, -0.15) is 0 Å². The van der Waals surface area contributed by atoms with Crippen molar-refractivity contribution < 1.29 is 34.1 Å². The molecule has 2 atom stereocenters. The molecule has 0 unspecified atom stereocenters. The predicted octanol–water partition coefficient (Wildman–Crippen LogP) is 3.36. The van der Waals surface area contributed by atoms with Gasteiger partial charge in [0.2, 0.25) is 11.8 Å². The van der Waals surface area contributed by atoms with Gasteiger partial charge in [-0.05, 0) is 48.9 Å². The minimum atomic E-state index is -1.11. The Balaban J connectivity index is 1.77. The number of nitrogens with zero attached hydrogens (tertiary/aromatic N) is 2. The van der Waals surface area contributed by atoms with Crippen LogP contribution in [0.4, 0.5) is 0 Å². The Labute approximate surface area is 216 Å².